The van der Waals surface area contributed by atoms with Gasteiger partial charge in [-0.25, -0.2) is 9.97 Å². The van der Waals surface area contributed by atoms with Crippen LogP contribution in [0, 0.1) is 6.92 Å². The summed E-state index contributed by atoms with van der Waals surface area (Å²) in [5.74, 6) is 0.238. The van der Waals surface area contributed by atoms with Gasteiger partial charge in [0.05, 0.1) is 5.69 Å². The van der Waals surface area contributed by atoms with E-state index in [2.05, 4.69) is 9.97 Å². The molecule has 17 heavy (non-hydrogen) atoms. The number of aromatic nitrogens is 2. The third kappa shape index (κ3) is 2.47. The maximum Gasteiger partial charge on any atom is 0.308 e. The van der Waals surface area contributed by atoms with Gasteiger partial charge in [-0.2, -0.15) is 0 Å². The second kappa shape index (κ2) is 4.74. The van der Waals surface area contributed by atoms with Crippen molar-refractivity contribution in [1.82, 2.24) is 9.97 Å². The Morgan fingerprint density at radius 2 is 2.12 bits per heavy atom. The van der Waals surface area contributed by atoms with E-state index in [1.54, 1.807) is 12.3 Å². The van der Waals surface area contributed by atoms with Gasteiger partial charge in [-0.3, -0.25) is 4.79 Å². The molecular formula is C13H12N2O2. The van der Waals surface area contributed by atoms with Gasteiger partial charge in [-0.15, -0.1) is 0 Å². The largest absolute Gasteiger partial charge is 0.426 e. The van der Waals surface area contributed by atoms with Crippen molar-refractivity contribution in [2.24, 2.45) is 0 Å². The molecule has 0 fully saturated rings. The molecule has 1 heterocycles. The first-order valence-electron chi connectivity index (χ1n) is 5.23. The van der Waals surface area contributed by atoms with Gasteiger partial charge >= 0.3 is 5.97 Å². The Labute approximate surface area is 99.3 Å². The minimum Gasteiger partial charge on any atom is -0.426 e. The number of carbonyl (C=O) groups is 1. The molecule has 0 N–H and O–H groups in total. The summed E-state index contributed by atoms with van der Waals surface area (Å²) in [6, 6.07) is 7.36. The van der Waals surface area contributed by atoms with Crippen molar-refractivity contribution in [3.05, 3.63) is 42.4 Å². The van der Waals surface area contributed by atoms with Crippen molar-refractivity contribution >= 4 is 5.97 Å². The molecule has 0 saturated heterocycles. The molecule has 0 aliphatic carbocycles. The van der Waals surface area contributed by atoms with E-state index in [4.69, 9.17) is 4.74 Å². The predicted molar refractivity (Wildman–Crippen MR) is 63.5 cm³/mol. The van der Waals surface area contributed by atoms with Crippen molar-refractivity contribution in [3.8, 4) is 17.0 Å². The van der Waals surface area contributed by atoms with Gasteiger partial charge in [-0.1, -0.05) is 12.1 Å². The molecule has 4 nitrogen and oxygen atoms in total. The molecule has 0 saturated carbocycles. The Morgan fingerprint density at radius 1 is 1.29 bits per heavy atom. The number of hydrogen-bond donors (Lipinski definition) is 0. The highest BCUT2D eigenvalue weighted by Crippen LogP contribution is 2.28. The lowest BCUT2D eigenvalue weighted by molar-refractivity contribution is -0.131. The molecule has 0 aliphatic rings. The zero-order valence-electron chi connectivity index (χ0n) is 9.68. The summed E-state index contributed by atoms with van der Waals surface area (Å²) >= 11 is 0. The molecule has 0 atom stereocenters. The lowest BCUT2D eigenvalue weighted by atomic mass is 10.0. The summed E-state index contributed by atoms with van der Waals surface area (Å²) in [6.07, 6.45) is 3.17. The van der Waals surface area contributed by atoms with Gasteiger partial charge in [0.15, 0.2) is 0 Å². The van der Waals surface area contributed by atoms with E-state index in [0.717, 1.165) is 16.8 Å². The topological polar surface area (TPSA) is 52.1 Å². The fourth-order valence-electron chi connectivity index (χ4n) is 1.61. The molecule has 0 unspecified atom stereocenters. The van der Waals surface area contributed by atoms with Crippen molar-refractivity contribution in [1.29, 1.82) is 0 Å². The molecular weight excluding hydrogens is 216 g/mol. The number of benzene rings is 1. The smallest absolute Gasteiger partial charge is 0.308 e. The van der Waals surface area contributed by atoms with Crippen LogP contribution in [-0.4, -0.2) is 15.9 Å². The van der Waals surface area contributed by atoms with Crippen LogP contribution in [0.3, 0.4) is 0 Å². The Balaban J connectivity index is 2.46. The molecule has 0 aliphatic heterocycles. The van der Waals surface area contributed by atoms with Crippen LogP contribution in [0.2, 0.25) is 0 Å². The average Bonchev–Trinajstić information content (AvgIpc) is 2.32. The van der Waals surface area contributed by atoms with Crippen LogP contribution in [0.25, 0.3) is 11.3 Å². The Morgan fingerprint density at radius 3 is 2.76 bits per heavy atom. The molecule has 86 valence electrons. The minimum atomic E-state index is -0.326. The van der Waals surface area contributed by atoms with Gasteiger partial charge in [0.2, 0.25) is 0 Å². The Kier molecular flexibility index (Phi) is 3.14. The van der Waals surface area contributed by atoms with Crippen LogP contribution < -0.4 is 4.74 Å². The third-order valence-electron chi connectivity index (χ3n) is 2.40. The Bertz CT molecular complexity index is 538. The molecule has 0 radical (unpaired) electrons. The maximum atomic E-state index is 11.0. The highest BCUT2D eigenvalue weighted by atomic mass is 16.5. The monoisotopic (exact) mass is 228 g/mol. The summed E-state index contributed by atoms with van der Waals surface area (Å²) in [5.41, 5.74) is 2.64. The molecule has 2 rings (SSSR count). The molecule has 0 spiro atoms. The molecule has 2 aromatic rings. The molecule has 4 heteroatoms. The van der Waals surface area contributed by atoms with Gasteiger partial charge in [0, 0.05) is 24.2 Å². The first-order valence-corrected chi connectivity index (χ1v) is 5.23. The number of ether oxygens (including phenoxy) is 1. The SMILES string of the molecule is CC(=O)Oc1cccc(-c2ccncn2)c1C. The molecule has 0 bridgehead atoms. The number of carbonyl (C=O) groups excluding carboxylic acids is 1. The summed E-state index contributed by atoms with van der Waals surface area (Å²) < 4.78 is 5.12. The van der Waals surface area contributed by atoms with Crippen molar-refractivity contribution in [2.45, 2.75) is 13.8 Å². The Hall–Kier alpha value is -2.23. The number of esters is 1. The zero-order valence-corrected chi connectivity index (χ0v) is 9.68. The highest BCUT2D eigenvalue weighted by Gasteiger charge is 2.09. The van der Waals surface area contributed by atoms with Crippen LogP contribution in [0.5, 0.6) is 5.75 Å². The predicted octanol–water partition coefficient (Wildman–Crippen LogP) is 2.38. The van der Waals surface area contributed by atoms with E-state index in [0.29, 0.717) is 5.75 Å². The van der Waals surface area contributed by atoms with Crippen molar-refractivity contribution in [2.75, 3.05) is 0 Å². The number of hydrogen-bond acceptors (Lipinski definition) is 4. The third-order valence-corrected chi connectivity index (χ3v) is 2.40. The van der Waals surface area contributed by atoms with Crippen LogP contribution in [0.1, 0.15) is 12.5 Å². The standard InChI is InChI=1S/C13H12N2O2/c1-9-11(12-6-7-14-8-15-12)4-3-5-13(9)17-10(2)16/h3-8H,1-2H3. The van der Waals surface area contributed by atoms with E-state index >= 15 is 0 Å². The van der Waals surface area contributed by atoms with E-state index in [1.807, 2.05) is 25.1 Å². The van der Waals surface area contributed by atoms with Crippen LogP contribution in [0.15, 0.2) is 36.8 Å². The van der Waals surface area contributed by atoms with Crippen LogP contribution in [-0.2, 0) is 4.79 Å². The van der Waals surface area contributed by atoms with E-state index in [9.17, 15) is 4.79 Å². The van der Waals surface area contributed by atoms with Crippen molar-refractivity contribution < 1.29 is 9.53 Å². The first-order chi connectivity index (χ1) is 8.18. The minimum absolute atomic E-state index is 0.326. The normalized spacial score (nSPS) is 10.0. The molecule has 0 amide bonds. The number of nitrogens with zero attached hydrogens (tertiary/aromatic N) is 2. The van der Waals surface area contributed by atoms with Crippen LogP contribution in [0.4, 0.5) is 0 Å². The van der Waals surface area contributed by atoms with Crippen LogP contribution >= 0.6 is 0 Å². The zero-order chi connectivity index (χ0) is 12.3. The van der Waals surface area contributed by atoms with Gasteiger partial charge in [-0.05, 0) is 19.1 Å². The second-order valence-corrected chi connectivity index (χ2v) is 3.62. The van der Waals surface area contributed by atoms with Gasteiger partial charge in [0.25, 0.3) is 0 Å². The second-order valence-electron chi connectivity index (χ2n) is 3.62. The molecule has 1 aromatic carbocycles. The fourth-order valence-corrected chi connectivity index (χ4v) is 1.61. The summed E-state index contributed by atoms with van der Waals surface area (Å²) in [7, 11) is 0. The lowest BCUT2D eigenvalue weighted by Crippen LogP contribution is -2.03. The fraction of sp³-hybridized carbons (Fsp3) is 0.154. The average molecular weight is 228 g/mol. The number of rotatable bonds is 2. The molecule has 1 aromatic heterocycles. The lowest BCUT2D eigenvalue weighted by Gasteiger charge is -2.09. The summed E-state index contributed by atoms with van der Waals surface area (Å²) in [6.45, 7) is 3.28. The summed E-state index contributed by atoms with van der Waals surface area (Å²) in [4.78, 5) is 19.0. The quantitative estimate of drug-likeness (QED) is 0.585. The van der Waals surface area contributed by atoms with E-state index in [-0.39, 0.29) is 5.97 Å². The highest BCUT2D eigenvalue weighted by molar-refractivity contribution is 5.72. The van der Waals surface area contributed by atoms with Gasteiger partial charge < -0.3 is 4.74 Å². The summed E-state index contributed by atoms with van der Waals surface area (Å²) in [5, 5.41) is 0. The maximum absolute atomic E-state index is 11.0. The first kappa shape index (κ1) is 11.3. The van der Waals surface area contributed by atoms with Gasteiger partial charge in [0.1, 0.15) is 12.1 Å². The van der Waals surface area contributed by atoms with E-state index < -0.39 is 0 Å². The van der Waals surface area contributed by atoms with Crippen molar-refractivity contribution in [3.63, 3.8) is 0 Å². The van der Waals surface area contributed by atoms with E-state index in [1.165, 1.54) is 13.3 Å².